The molecule has 0 aromatic rings. The van der Waals surface area contributed by atoms with Crippen LogP contribution in [-0.4, -0.2) is 42.2 Å². The summed E-state index contributed by atoms with van der Waals surface area (Å²) in [7, 11) is 0.739. The average molecular weight is 249 g/mol. The Morgan fingerprint density at radius 3 is 1.56 bits per heavy atom. The van der Waals surface area contributed by atoms with Crippen LogP contribution in [0.25, 0.3) is 0 Å². The van der Waals surface area contributed by atoms with Crippen molar-refractivity contribution in [2.45, 2.75) is 37.3 Å². The first-order chi connectivity index (χ1) is 7.03. The number of alkyl halides is 6. The number of Topliss-reactive ketones (excluding diaryl/α,β-unsaturated/α-hetero) is 1. The number of rotatable bonds is 0. The van der Waals surface area contributed by atoms with Gasteiger partial charge in [0.1, 0.15) is 17.9 Å². The van der Waals surface area contributed by atoms with Crippen LogP contribution in [0.5, 0.6) is 0 Å². The molecule has 1 aliphatic heterocycles. The number of hydrogen-bond donors (Lipinski definition) is 0. The number of likely N-dealkylation sites (tertiary alicyclic amines) is 1. The minimum atomic E-state index is -4.83. The lowest BCUT2D eigenvalue weighted by atomic mass is 9.94. The smallest absolute Gasteiger partial charge is 0.300 e. The molecule has 1 aliphatic rings. The molecule has 94 valence electrons. The number of ketones is 1. The first-order valence-corrected chi connectivity index (χ1v) is 4.40. The van der Waals surface area contributed by atoms with E-state index in [9.17, 15) is 31.1 Å². The van der Waals surface area contributed by atoms with Gasteiger partial charge in [-0.1, -0.05) is 0 Å². The van der Waals surface area contributed by atoms with Gasteiger partial charge in [0.15, 0.2) is 0 Å². The molecule has 0 aromatic heterocycles. The van der Waals surface area contributed by atoms with E-state index in [1.807, 2.05) is 0 Å². The Labute approximate surface area is 87.2 Å². The van der Waals surface area contributed by atoms with Gasteiger partial charge in [0, 0.05) is 12.8 Å². The van der Waals surface area contributed by atoms with E-state index in [1.165, 1.54) is 0 Å². The second-order valence-corrected chi connectivity index (χ2v) is 3.73. The van der Waals surface area contributed by atoms with E-state index in [-0.39, 0.29) is 4.90 Å². The highest BCUT2D eigenvalue weighted by molar-refractivity contribution is 5.80. The number of nitrogens with zero attached hydrogens (tertiary/aromatic N) is 1. The number of carbonyl (C=O) groups is 1. The highest BCUT2D eigenvalue weighted by Crippen LogP contribution is 2.37. The van der Waals surface area contributed by atoms with E-state index in [4.69, 9.17) is 0 Å². The number of halogens is 6. The zero-order valence-corrected chi connectivity index (χ0v) is 8.19. The van der Waals surface area contributed by atoms with Gasteiger partial charge in [0.25, 0.3) is 0 Å². The van der Waals surface area contributed by atoms with E-state index in [2.05, 4.69) is 0 Å². The Hall–Kier alpha value is -0.790. The summed E-state index contributed by atoms with van der Waals surface area (Å²) < 4.78 is 74.2. The molecule has 0 aliphatic carbocycles. The summed E-state index contributed by atoms with van der Waals surface area (Å²) >= 11 is 0. The number of piperidine rings is 1. The quantitative estimate of drug-likeness (QED) is 0.613. The Balaban J connectivity index is 2.95. The van der Waals surface area contributed by atoms with Crippen LogP contribution in [-0.2, 0) is 4.79 Å². The fraction of sp³-hybridized carbons (Fsp3) is 0.875. The molecule has 0 N–H and O–H groups in total. The van der Waals surface area contributed by atoms with Gasteiger partial charge in [-0.05, 0) is 7.05 Å². The van der Waals surface area contributed by atoms with Crippen molar-refractivity contribution < 1.29 is 31.1 Å². The molecule has 1 heterocycles. The molecule has 8 heteroatoms. The fourth-order valence-electron chi connectivity index (χ4n) is 1.71. The zero-order valence-electron chi connectivity index (χ0n) is 8.19. The first kappa shape index (κ1) is 13.3. The molecule has 1 rings (SSSR count). The summed E-state index contributed by atoms with van der Waals surface area (Å²) in [4.78, 5) is 11.1. The number of hydrogen-bond acceptors (Lipinski definition) is 2. The van der Waals surface area contributed by atoms with Gasteiger partial charge in [0.2, 0.25) is 0 Å². The fourth-order valence-corrected chi connectivity index (χ4v) is 1.71. The van der Waals surface area contributed by atoms with Crippen molar-refractivity contribution in [1.29, 1.82) is 0 Å². The molecular formula is C8H9F6NO. The topological polar surface area (TPSA) is 20.3 Å². The molecule has 0 spiro atoms. The molecule has 2 atom stereocenters. The highest BCUT2D eigenvalue weighted by atomic mass is 19.4. The monoisotopic (exact) mass is 249 g/mol. The van der Waals surface area contributed by atoms with Gasteiger partial charge in [-0.25, -0.2) is 0 Å². The largest absolute Gasteiger partial charge is 0.404 e. The van der Waals surface area contributed by atoms with Crippen molar-refractivity contribution in [1.82, 2.24) is 4.90 Å². The lowest BCUT2D eigenvalue weighted by Crippen LogP contribution is -2.58. The van der Waals surface area contributed by atoms with E-state index in [0.29, 0.717) is 0 Å². The lowest BCUT2D eigenvalue weighted by molar-refractivity contribution is -0.237. The molecule has 0 saturated carbocycles. The molecule has 0 radical (unpaired) electrons. The molecule has 16 heavy (non-hydrogen) atoms. The summed E-state index contributed by atoms with van der Waals surface area (Å²) in [5.74, 6) is -1.01. The number of carbonyl (C=O) groups excluding carboxylic acids is 1. The van der Waals surface area contributed by atoms with E-state index < -0.39 is 43.1 Å². The summed E-state index contributed by atoms with van der Waals surface area (Å²) in [5.41, 5.74) is 0. The predicted octanol–water partition coefficient (Wildman–Crippen LogP) is 2.14. The molecule has 1 saturated heterocycles. The average Bonchev–Trinajstić information content (AvgIpc) is 2.04. The van der Waals surface area contributed by atoms with Gasteiger partial charge < -0.3 is 0 Å². The third-order valence-electron chi connectivity index (χ3n) is 2.58. The highest BCUT2D eigenvalue weighted by Gasteiger charge is 2.55. The summed E-state index contributed by atoms with van der Waals surface area (Å²) in [6.07, 6.45) is -11.5. The van der Waals surface area contributed by atoms with Crippen LogP contribution < -0.4 is 0 Å². The molecule has 0 bridgehead atoms. The Bertz CT molecular complexity index is 257. The maximum absolute atomic E-state index is 12.4. The maximum atomic E-state index is 12.4. The summed E-state index contributed by atoms with van der Waals surface area (Å²) in [6, 6.07) is -4.69. The molecular weight excluding hydrogens is 240 g/mol. The normalized spacial score (nSPS) is 29.6. The third kappa shape index (κ3) is 2.66. The third-order valence-corrected chi connectivity index (χ3v) is 2.58. The van der Waals surface area contributed by atoms with Crippen molar-refractivity contribution >= 4 is 5.78 Å². The maximum Gasteiger partial charge on any atom is 0.404 e. The minimum Gasteiger partial charge on any atom is -0.300 e. The van der Waals surface area contributed by atoms with Crippen LogP contribution in [0, 0.1) is 0 Å². The van der Waals surface area contributed by atoms with Crippen LogP contribution in [0.4, 0.5) is 26.3 Å². The van der Waals surface area contributed by atoms with Crippen LogP contribution in [0.3, 0.4) is 0 Å². The minimum absolute atomic E-state index is 0.182. The van der Waals surface area contributed by atoms with Gasteiger partial charge in [-0.2, -0.15) is 26.3 Å². The van der Waals surface area contributed by atoms with Crippen LogP contribution in [0.2, 0.25) is 0 Å². The molecule has 2 nitrogen and oxygen atoms in total. The Morgan fingerprint density at radius 1 is 1.00 bits per heavy atom. The molecule has 0 aromatic carbocycles. The van der Waals surface area contributed by atoms with Crippen LogP contribution >= 0.6 is 0 Å². The van der Waals surface area contributed by atoms with E-state index >= 15 is 0 Å². The Morgan fingerprint density at radius 2 is 1.31 bits per heavy atom. The van der Waals surface area contributed by atoms with Gasteiger partial charge >= 0.3 is 12.4 Å². The van der Waals surface area contributed by atoms with E-state index in [0.717, 1.165) is 7.05 Å². The van der Waals surface area contributed by atoms with Gasteiger partial charge in [-0.3, -0.25) is 9.69 Å². The van der Waals surface area contributed by atoms with Gasteiger partial charge in [0.05, 0.1) is 0 Å². The van der Waals surface area contributed by atoms with Gasteiger partial charge in [-0.15, -0.1) is 0 Å². The lowest BCUT2D eigenvalue weighted by Gasteiger charge is -2.40. The molecule has 2 unspecified atom stereocenters. The molecule has 0 amide bonds. The van der Waals surface area contributed by atoms with Crippen molar-refractivity contribution in [2.75, 3.05) is 7.05 Å². The van der Waals surface area contributed by atoms with Crippen molar-refractivity contribution in [3.8, 4) is 0 Å². The standard InChI is InChI=1S/C8H9F6NO/c1-15-5(7(9,10)11)2-4(16)3-6(15)8(12,13)14/h5-6H,2-3H2,1H3. The molecule has 1 fully saturated rings. The van der Waals surface area contributed by atoms with Crippen molar-refractivity contribution in [2.24, 2.45) is 0 Å². The second-order valence-electron chi connectivity index (χ2n) is 3.73. The zero-order chi connectivity index (χ0) is 12.7. The van der Waals surface area contributed by atoms with Crippen molar-refractivity contribution in [3.05, 3.63) is 0 Å². The van der Waals surface area contributed by atoms with Crippen LogP contribution in [0.15, 0.2) is 0 Å². The Kier molecular flexibility index (Phi) is 3.24. The second kappa shape index (κ2) is 3.90. The summed E-state index contributed by atoms with van der Waals surface area (Å²) in [6.45, 7) is 0. The van der Waals surface area contributed by atoms with Crippen LogP contribution in [0.1, 0.15) is 12.8 Å². The van der Waals surface area contributed by atoms with E-state index in [1.54, 1.807) is 0 Å². The first-order valence-electron chi connectivity index (χ1n) is 4.40. The SMILES string of the molecule is CN1C(C(F)(F)F)CC(=O)CC1C(F)(F)F. The predicted molar refractivity (Wildman–Crippen MR) is 41.7 cm³/mol. The summed E-state index contributed by atoms with van der Waals surface area (Å²) in [5, 5.41) is 0. The van der Waals surface area contributed by atoms with Crippen molar-refractivity contribution in [3.63, 3.8) is 0 Å².